The molecular weight excluding hydrogens is 730 g/mol. The lowest BCUT2D eigenvalue weighted by Gasteiger charge is -2.36. The monoisotopic (exact) mass is 785 g/mol. The van der Waals surface area contributed by atoms with Crippen LogP contribution in [0.5, 0.6) is 5.75 Å². The molecule has 2 saturated heterocycles. The summed E-state index contributed by atoms with van der Waals surface area (Å²) in [4.78, 5) is 75.6. The van der Waals surface area contributed by atoms with Crippen molar-refractivity contribution in [2.75, 3.05) is 45.9 Å². The van der Waals surface area contributed by atoms with Gasteiger partial charge in [-0.2, -0.15) is 0 Å². The molecule has 0 spiro atoms. The van der Waals surface area contributed by atoms with Gasteiger partial charge in [-0.15, -0.1) is 0 Å². The summed E-state index contributed by atoms with van der Waals surface area (Å²) < 4.78 is 22.8. The number of nitrogens with zero attached hydrogens (tertiary/aromatic N) is 4. The third-order valence-corrected chi connectivity index (χ3v) is 9.54. The summed E-state index contributed by atoms with van der Waals surface area (Å²) in [5.74, 6) is -1.08. The summed E-state index contributed by atoms with van der Waals surface area (Å²) >= 11 is 0. The molecule has 4 amide bonds. The Hall–Kier alpha value is -5.66. The number of carbonyl (C=O) groups excluding carboxylic acids is 5. The van der Waals surface area contributed by atoms with Crippen molar-refractivity contribution in [2.24, 2.45) is 0 Å². The molecule has 2 aliphatic heterocycles. The highest BCUT2D eigenvalue weighted by molar-refractivity contribution is 5.97. The standard InChI is InChI=1S/C43H55N5O9/c1-5-6-27-54-41(52)48-25-23-46(24-26-48)40(51)35(17-18-38(49)57-43(2,3)4)45-39(50)37-29-34(28-36(44-37)32-15-11-8-12-16-32)56-33-19-21-47(22-20-33)42(53)55-30-31-13-9-7-10-14-31/h7-16,28-29,33,35H,5-6,17-27,30H2,1-4H3,(H,45,50)/t35-/m0/s1. The van der Waals surface area contributed by atoms with Crippen LogP contribution in [-0.2, 0) is 30.4 Å². The molecular formula is C43H55N5O9. The minimum atomic E-state index is -1.08. The lowest BCUT2D eigenvalue weighted by Crippen LogP contribution is -2.56. The Morgan fingerprint density at radius 3 is 2.07 bits per heavy atom. The van der Waals surface area contributed by atoms with E-state index in [1.165, 1.54) is 0 Å². The number of carbonyl (C=O) groups is 5. The van der Waals surface area contributed by atoms with Gasteiger partial charge in [0.2, 0.25) is 5.91 Å². The maximum atomic E-state index is 14.0. The second kappa shape index (κ2) is 20.5. The molecule has 14 nitrogen and oxygen atoms in total. The molecule has 1 N–H and O–H groups in total. The fourth-order valence-electron chi connectivity index (χ4n) is 6.48. The molecule has 0 aliphatic carbocycles. The van der Waals surface area contributed by atoms with Crippen molar-refractivity contribution in [3.8, 4) is 17.0 Å². The van der Waals surface area contributed by atoms with Gasteiger partial charge in [-0.3, -0.25) is 14.4 Å². The number of nitrogens with one attached hydrogen (secondary N) is 1. The number of rotatable bonds is 14. The topological polar surface area (TPSA) is 157 Å². The smallest absolute Gasteiger partial charge is 0.410 e. The zero-order valence-electron chi connectivity index (χ0n) is 33.4. The van der Waals surface area contributed by atoms with Crippen molar-refractivity contribution in [3.05, 3.63) is 84.1 Å². The number of piperidine rings is 1. The Morgan fingerprint density at radius 1 is 0.807 bits per heavy atom. The maximum Gasteiger partial charge on any atom is 0.410 e. The lowest BCUT2D eigenvalue weighted by molar-refractivity contribution is -0.155. The third-order valence-electron chi connectivity index (χ3n) is 9.54. The molecule has 2 aliphatic rings. The van der Waals surface area contributed by atoms with Gasteiger partial charge in [-0.1, -0.05) is 74.0 Å². The van der Waals surface area contributed by atoms with Gasteiger partial charge in [0.25, 0.3) is 5.91 Å². The molecule has 1 aromatic heterocycles. The Bertz CT molecular complexity index is 1800. The average Bonchev–Trinajstić information content (AvgIpc) is 3.21. The molecule has 2 fully saturated rings. The third kappa shape index (κ3) is 13.2. The van der Waals surface area contributed by atoms with Gasteiger partial charge >= 0.3 is 18.2 Å². The van der Waals surface area contributed by atoms with E-state index >= 15 is 0 Å². The van der Waals surface area contributed by atoms with E-state index in [2.05, 4.69) is 10.3 Å². The molecule has 57 heavy (non-hydrogen) atoms. The number of pyridine rings is 1. The predicted molar refractivity (Wildman–Crippen MR) is 212 cm³/mol. The molecule has 306 valence electrons. The first-order chi connectivity index (χ1) is 27.4. The normalized spacial score (nSPS) is 15.3. The van der Waals surface area contributed by atoms with Crippen LogP contribution >= 0.6 is 0 Å². The first-order valence-electron chi connectivity index (χ1n) is 19.8. The van der Waals surface area contributed by atoms with Gasteiger partial charge < -0.3 is 39.0 Å². The zero-order valence-corrected chi connectivity index (χ0v) is 33.4. The van der Waals surface area contributed by atoms with Crippen molar-refractivity contribution in [1.29, 1.82) is 0 Å². The summed E-state index contributed by atoms with van der Waals surface area (Å²) in [6.45, 7) is 9.75. The summed E-state index contributed by atoms with van der Waals surface area (Å²) in [6, 6.07) is 21.1. The molecule has 3 aromatic rings. The number of esters is 1. The van der Waals surface area contributed by atoms with Gasteiger partial charge in [0, 0.05) is 76.2 Å². The van der Waals surface area contributed by atoms with E-state index in [0.717, 1.165) is 24.0 Å². The second-order valence-corrected chi connectivity index (χ2v) is 15.2. The fourth-order valence-corrected chi connectivity index (χ4v) is 6.48. The number of unbranched alkanes of at least 4 members (excludes halogenated alkanes) is 1. The van der Waals surface area contributed by atoms with Crippen molar-refractivity contribution in [3.63, 3.8) is 0 Å². The lowest BCUT2D eigenvalue weighted by atomic mass is 10.1. The SMILES string of the molecule is CCCCOC(=O)N1CCN(C(=O)[C@H](CCC(=O)OC(C)(C)C)NC(=O)c2cc(OC3CCN(C(=O)OCc4ccccc4)CC3)cc(-c3ccccc3)n2)CC1. The van der Waals surface area contributed by atoms with Crippen LogP contribution in [0.2, 0.25) is 0 Å². The largest absolute Gasteiger partial charge is 0.490 e. The van der Waals surface area contributed by atoms with Crippen molar-refractivity contribution < 1.29 is 42.9 Å². The van der Waals surface area contributed by atoms with Crippen LogP contribution in [0.25, 0.3) is 11.3 Å². The van der Waals surface area contributed by atoms with E-state index in [-0.39, 0.29) is 69.4 Å². The van der Waals surface area contributed by atoms with E-state index in [0.29, 0.717) is 44.0 Å². The molecule has 3 heterocycles. The molecule has 5 rings (SSSR count). The summed E-state index contributed by atoms with van der Waals surface area (Å²) in [5.41, 5.74) is 1.48. The van der Waals surface area contributed by atoms with Crippen LogP contribution < -0.4 is 10.1 Å². The second-order valence-electron chi connectivity index (χ2n) is 15.2. The van der Waals surface area contributed by atoms with Gasteiger partial charge in [0.05, 0.1) is 12.3 Å². The van der Waals surface area contributed by atoms with Crippen molar-refractivity contribution in [2.45, 2.75) is 90.6 Å². The highest BCUT2D eigenvalue weighted by Gasteiger charge is 2.32. The van der Waals surface area contributed by atoms with E-state index in [1.807, 2.05) is 67.6 Å². The van der Waals surface area contributed by atoms with Gasteiger partial charge in [-0.05, 0) is 39.2 Å². The maximum absolute atomic E-state index is 14.0. The predicted octanol–water partition coefficient (Wildman–Crippen LogP) is 6.23. The van der Waals surface area contributed by atoms with Gasteiger partial charge in [0.15, 0.2) is 0 Å². The minimum absolute atomic E-state index is 0.00709. The molecule has 0 saturated carbocycles. The minimum Gasteiger partial charge on any atom is -0.490 e. The van der Waals surface area contributed by atoms with Crippen LogP contribution in [0, 0.1) is 0 Å². The fraction of sp³-hybridized carbons (Fsp3) is 0.488. The first kappa shape index (κ1) is 42.5. The average molecular weight is 786 g/mol. The summed E-state index contributed by atoms with van der Waals surface area (Å²) in [6.07, 6.45) is 1.62. The highest BCUT2D eigenvalue weighted by Crippen LogP contribution is 2.27. The number of amides is 4. The quantitative estimate of drug-likeness (QED) is 0.113. The molecule has 0 bridgehead atoms. The van der Waals surface area contributed by atoms with Gasteiger partial charge in [-0.25, -0.2) is 14.6 Å². The Balaban J connectivity index is 1.27. The van der Waals surface area contributed by atoms with Crippen LogP contribution in [0.1, 0.15) is 82.3 Å². The number of piperazine rings is 1. The van der Waals surface area contributed by atoms with E-state index < -0.39 is 29.6 Å². The molecule has 0 unspecified atom stereocenters. The van der Waals surface area contributed by atoms with E-state index in [9.17, 15) is 24.0 Å². The van der Waals surface area contributed by atoms with E-state index in [1.54, 1.807) is 47.6 Å². The summed E-state index contributed by atoms with van der Waals surface area (Å²) in [7, 11) is 0. The Labute approximate surface area is 334 Å². The van der Waals surface area contributed by atoms with Crippen LogP contribution in [0.4, 0.5) is 9.59 Å². The van der Waals surface area contributed by atoms with Crippen LogP contribution in [0.15, 0.2) is 72.8 Å². The van der Waals surface area contributed by atoms with E-state index in [4.69, 9.17) is 18.9 Å². The Kier molecular flexibility index (Phi) is 15.3. The number of ether oxygens (including phenoxy) is 4. The van der Waals surface area contributed by atoms with Crippen LogP contribution in [0.3, 0.4) is 0 Å². The van der Waals surface area contributed by atoms with Crippen molar-refractivity contribution >= 4 is 30.0 Å². The Morgan fingerprint density at radius 2 is 1.42 bits per heavy atom. The number of benzene rings is 2. The molecule has 14 heteroatoms. The van der Waals surface area contributed by atoms with Crippen LogP contribution in [-0.4, -0.2) is 113 Å². The number of aromatic nitrogens is 1. The number of hydrogen-bond acceptors (Lipinski definition) is 10. The number of likely N-dealkylation sites (tertiary alicyclic amines) is 1. The zero-order chi connectivity index (χ0) is 40.8. The molecule has 0 radical (unpaired) electrons. The summed E-state index contributed by atoms with van der Waals surface area (Å²) in [5, 5.41) is 2.85. The number of hydrogen-bond donors (Lipinski definition) is 1. The van der Waals surface area contributed by atoms with Crippen molar-refractivity contribution in [1.82, 2.24) is 25.0 Å². The highest BCUT2D eigenvalue weighted by atomic mass is 16.6. The molecule has 1 atom stereocenters. The molecule has 2 aromatic carbocycles. The first-order valence-corrected chi connectivity index (χ1v) is 19.8. The van der Waals surface area contributed by atoms with Gasteiger partial charge in [0.1, 0.15) is 35.8 Å².